The summed E-state index contributed by atoms with van der Waals surface area (Å²) in [4.78, 5) is 4.11. The van der Waals surface area contributed by atoms with Crippen LogP contribution in [0, 0.1) is 5.82 Å². The van der Waals surface area contributed by atoms with E-state index in [0.717, 1.165) is 12.0 Å². The Morgan fingerprint density at radius 2 is 2.12 bits per heavy atom. The van der Waals surface area contributed by atoms with E-state index in [4.69, 9.17) is 11.6 Å². The molecule has 0 unspecified atom stereocenters. The Balaban J connectivity index is 1.90. The molecule has 0 aliphatic rings. The van der Waals surface area contributed by atoms with Crippen LogP contribution in [0.4, 0.5) is 10.2 Å². The third-order valence-corrected chi connectivity index (χ3v) is 2.66. The molecule has 0 amide bonds. The molecule has 2 aromatic rings. The number of nitrogens with one attached hydrogen (secondary N) is 1. The molecule has 1 N–H and O–H groups in total. The highest BCUT2D eigenvalue weighted by Crippen LogP contribution is 2.17. The minimum absolute atomic E-state index is 0.210. The lowest BCUT2D eigenvalue weighted by atomic mass is 10.1. The maximum absolute atomic E-state index is 12.9. The van der Waals surface area contributed by atoms with Gasteiger partial charge in [0.15, 0.2) is 0 Å². The van der Waals surface area contributed by atoms with Gasteiger partial charge in [0.05, 0.1) is 5.02 Å². The van der Waals surface area contributed by atoms with Gasteiger partial charge >= 0.3 is 0 Å². The molecule has 1 aromatic carbocycles. The molecule has 17 heavy (non-hydrogen) atoms. The van der Waals surface area contributed by atoms with Gasteiger partial charge in [-0.2, -0.15) is 0 Å². The Morgan fingerprint density at radius 3 is 2.88 bits per heavy atom. The first-order chi connectivity index (χ1) is 8.25. The molecule has 88 valence electrons. The lowest BCUT2D eigenvalue weighted by Crippen LogP contribution is -2.06. The molecule has 1 heterocycles. The average molecular weight is 251 g/mol. The highest BCUT2D eigenvalue weighted by atomic mass is 35.5. The zero-order valence-electron chi connectivity index (χ0n) is 9.16. The number of halogens is 2. The first kappa shape index (κ1) is 11.9. The SMILES string of the molecule is Fc1cccc(CCNc2ncccc2Cl)c1. The summed E-state index contributed by atoms with van der Waals surface area (Å²) >= 11 is 5.95. The van der Waals surface area contributed by atoms with E-state index in [1.807, 2.05) is 6.07 Å². The van der Waals surface area contributed by atoms with Crippen LogP contribution in [-0.4, -0.2) is 11.5 Å². The van der Waals surface area contributed by atoms with Gasteiger partial charge in [0.2, 0.25) is 0 Å². The summed E-state index contributed by atoms with van der Waals surface area (Å²) in [6, 6.07) is 10.1. The van der Waals surface area contributed by atoms with Crippen molar-refractivity contribution in [3.05, 3.63) is 59.0 Å². The number of benzene rings is 1. The molecule has 0 aliphatic carbocycles. The second kappa shape index (κ2) is 5.64. The number of hydrogen-bond acceptors (Lipinski definition) is 2. The van der Waals surface area contributed by atoms with E-state index in [1.54, 1.807) is 24.4 Å². The molecule has 0 atom stereocenters. The van der Waals surface area contributed by atoms with Gasteiger partial charge in [0.25, 0.3) is 0 Å². The molecular weight excluding hydrogens is 239 g/mol. The van der Waals surface area contributed by atoms with E-state index < -0.39 is 0 Å². The summed E-state index contributed by atoms with van der Waals surface area (Å²) in [7, 11) is 0. The predicted molar refractivity (Wildman–Crippen MR) is 67.8 cm³/mol. The lowest BCUT2D eigenvalue weighted by molar-refractivity contribution is 0.625. The average Bonchev–Trinajstić information content (AvgIpc) is 2.32. The highest BCUT2D eigenvalue weighted by molar-refractivity contribution is 6.32. The minimum atomic E-state index is -0.210. The van der Waals surface area contributed by atoms with E-state index in [2.05, 4.69) is 10.3 Å². The maximum atomic E-state index is 12.9. The third-order valence-electron chi connectivity index (χ3n) is 2.35. The molecule has 4 heteroatoms. The van der Waals surface area contributed by atoms with Gasteiger partial charge in [-0.25, -0.2) is 9.37 Å². The smallest absolute Gasteiger partial charge is 0.144 e. The predicted octanol–water partition coefficient (Wildman–Crippen LogP) is 3.53. The molecular formula is C13H12ClFN2. The van der Waals surface area contributed by atoms with Crippen molar-refractivity contribution >= 4 is 17.4 Å². The molecule has 0 fully saturated rings. The number of anilines is 1. The van der Waals surface area contributed by atoms with Crippen molar-refractivity contribution in [1.29, 1.82) is 0 Å². The second-order valence-electron chi connectivity index (χ2n) is 3.64. The van der Waals surface area contributed by atoms with Crippen molar-refractivity contribution in [2.75, 3.05) is 11.9 Å². The van der Waals surface area contributed by atoms with E-state index >= 15 is 0 Å². The minimum Gasteiger partial charge on any atom is -0.369 e. The van der Waals surface area contributed by atoms with Crippen molar-refractivity contribution in [1.82, 2.24) is 4.98 Å². The van der Waals surface area contributed by atoms with Gasteiger partial charge in [-0.05, 0) is 36.2 Å². The number of aromatic nitrogens is 1. The van der Waals surface area contributed by atoms with Crippen LogP contribution in [0.3, 0.4) is 0 Å². The fourth-order valence-corrected chi connectivity index (χ4v) is 1.72. The van der Waals surface area contributed by atoms with Crippen molar-refractivity contribution < 1.29 is 4.39 Å². The van der Waals surface area contributed by atoms with Crippen molar-refractivity contribution in [3.63, 3.8) is 0 Å². The van der Waals surface area contributed by atoms with Crippen LogP contribution in [0.25, 0.3) is 0 Å². The largest absolute Gasteiger partial charge is 0.369 e. The van der Waals surface area contributed by atoms with Crippen LogP contribution in [-0.2, 0) is 6.42 Å². The van der Waals surface area contributed by atoms with Crippen LogP contribution in [0.1, 0.15) is 5.56 Å². The van der Waals surface area contributed by atoms with E-state index in [-0.39, 0.29) is 5.82 Å². The Hall–Kier alpha value is -1.61. The number of rotatable bonds is 4. The van der Waals surface area contributed by atoms with Crippen molar-refractivity contribution in [3.8, 4) is 0 Å². The Morgan fingerprint density at radius 1 is 1.24 bits per heavy atom. The first-order valence-electron chi connectivity index (χ1n) is 5.34. The third kappa shape index (κ3) is 3.43. The summed E-state index contributed by atoms with van der Waals surface area (Å²) < 4.78 is 12.9. The second-order valence-corrected chi connectivity index (χ2v) is 4.05. The first-order valence-corrected chi connectivity index (χ1v) is 5.72. The van der Waals surface area contributed by atoms with Crippen LogP contribution < -0.4 is 5.32 Å². The summed E-state index contributed by atoms with van der Waals surface area (Å²) in [5, 5.41) is 3.70. The van der Waals surface area contributed by atoms with E-state index in [1.165, 1.54) is 12.1 Å². The molecule has 0 bridgehead atoms. The quantitative estimate of drug-likeness (QED) is 0.898. The fourth-order valence-electron chi connectivity index (χ4n) is 1.53. The Kier molecular flexibility index (Phi) is 3.94. The summed E-state index contributed by atoms with van der Waals surface area (Å²) in [5.74, 6) is 0.448. The normalized spacial score (nSPS) is 10.2. The number of nitrogens with zero attached hydrogens (tertiary/aromatic N) is 1. The summed E-state index contributed by atoms with van der Waals surface area (Å²) in [6.07, 6.45) is 2.40. The molecule has 0 spiro atoms. The number of pyridine rings is 1. The zero-order valence-corrected chi connectivity index (χ0v) is 9.91. The molecule has 2 nitrogen and oxygen atoms in total. The molecule has 0 aliphatic heterocycles. The van der Waals surface area contributed by atoms with Crippen LogP contribution in [0.5, 0.6) is 0 Å². The van der Waals surface area contributed by atoms with Crippen LogP contribution >= 0.6 is 11.6 Å². The molecule has 1 aromatic heterocycles. The van der Waals surface area contributed by atoms with E-state index in [0.29, 0.717) is 17.4 Å². The summed E-state index contributed by atoms with van der Waals surface area (Å²) in [6.45, 7) is 0.667. The fraction of sp³-hybridized carbons (Fsp3) is 0.154. The molecule has 0 saturated heterocycles. The van der Waals surface area contributed by atoms with Gasteiger partial charge in [-0.15, -0.1) is 0 Å². The van der Waals surface area contributed by atoms with Gasteiger partial charge in [0.1, 0.15) is 11.6 Å². The van der Waals surface area contributed by atoms with Gasteiger partial charge in [0, 0.05) is 12.7 Å². The standard InChI is InChI=1S/C13H12ClFN2/c14-12-5-2-7-16-13(12)17-8-6-10-3-1-4-11(15)9-10/h1-5,7,9H,6,8H2,(H,16,17). The molecule has 0 saturated carbocycles. The van der Waals surface area contributed by atoms with Crippen LogP contribution in [0.2, 0.25) is 5.02 Å². The van der Waals surface area contributed by atoms with E-state index in [9.17, 15) is 4.39 Å². The van der Waals surface area contributed by atoms with Gasteiger partial charge in [-0.3, -0.25) is 0 Å². The topological polar surface area (TPSA) is 24.9 Å². The molecule has 2 rings (SSSR count). The Bertz CT molecular complexity index is 502. The monoisotopic (exact) mass is 250 g/mol. The lowest BCUT2D eigenvalue weighted by Gasteiger charge is -2.06. The van der Waals surface area contributed by atoms with Gasteiger partial charge in [-0.1, -0.05) is 23.7 Å². The van der Waals surface area contributed by atoms with Crippen molar-refractivity contribution in [2.45, 2.75) is 6.42 Å². The Labute approximate surface area is 104 Å². The number of hydrogen-bond donors (Lipinski definition) is 1. The summed E-state index contributed by atoms with van der Waals surface area (Å²) in [5.41, 5.74) is 0.949. The maximum Gasteiger partial charge on any atom is 0.144 e. The van der Waals surface area contributed by atoms with Crippen molar-refractivity contribution in [2.24, 2.45) is 0 Å². The van der Waals surface area contributed by atoms with Gasteiger partial charge < -0.3 is 5.32 Å². The zero-order chi connectivity index (χ0) is 12.1. The highest BCUT2D eigenvalue weighted by Gasteiger charge is 2.00. The van der Waals surface area contributed by atoms with Crippen LogP contribution in [0.15, 0.2) is 42.6 Å². The molecule has 0 radical (unpaired) electrons.